The summed E-state index contributed by atoms with van der Waals surface area (Å²) in [6, 6.07) is 0.573. The van der Waals surface area contributed by atoms with Gasteiger partial charge in [-0.25, -0.2) is 4.68 Å². The van der Waals surface area contributed by atoms with Crippen molar-refractivity contribution in [3.8, 4) is 0 Å². The zero-order valence-corrected chi connectivity index (χ0v) is 8.20. The summed E-state index contributed by atoms with van der Waals surface area (Å²) in [6.45, 7) is 0.718. The SMILES string of the molecule is NCCSCc1nnnn1C1CC1. The molecule has 0 saturated heterocycles. The summed E-state index contributed by atoms with van der Waals surface area (Å²) in [4.78, 5) is 0. The summed E-state index contributed by atoms with van der Waals surface area (Å²) < 4.78 is 1.95. The van der Waals surface area contributed by atoms with Crippen LogP contribution in [0.15, 0.2) is 0 Å². The van der Waals surface area contributed by atoms with Crippen molar-refractivity contribution in [3.63, 3.8) is 0 Å². The second-order valence-electron chi connectivity index (χ2n) is 3.11. The van der Waals surface area contributed by atoms with Gasteiger partial charge >= 0.3 is 0 Å². The normalized spacial score (nSPS) is 16.4. The number of tetrazole rings is 1. The van der Waals surface area contributed by atoms with Crippen LogP contribution in [0.4, 0.5) is 0 Å². The number of hydrogen-bond donors (Lipinski definition) is 1. The van der Waals surface area contributed by atoms with Gasteiger partial charge in [0, 0.05) is 12.3 Å². The molecule has 0 spiro atoms. The predicted molar refractivity (Wildman–Crippen MR) is 51.3 cm³/mol. The third-order valence-electron chi connectivity index (χ3n) is 1.95. The number of thioether (sulfide) groups is 1. The maximum atomic E-state index is 5.40. The van der Waals surface area contributed by atoms with Gasteiger partial charge in [-0.1, -0.05) is 0 Å². The summed E-state index contributed by atoms with van der Waals surface area (Å²) >= 11 is 1.78. The quantitative estimate of drug-likeness (QED) is 0.686. The lowest BCUT2D eigenvalue weighted by Crippen LogP contribution is -2.05. The highest BCUT2D eigenvalue weighted by Gasteiger charge is 2.27. The molecule has 0 atom stereocenters. The van der Waals surface area contributed by atoms with Crippen molar-refractivity contribution in [2.24, 2.45) is 5.73 Å². The van der Waals surface area contributed by atoms with E-state index in [9.17, 15) is 0 Å². The molecule has 13 heavy (non-hydrogen) atoms. The average Bonchev–Trinajstić information content (AvgIpc) is 2.88. The molecule has 1 aliphatic rings. The topological polar surface area (TPSA) is 69.6 Å². The number of nitrogens with two attached hydrogens (primary N) is 1. The maximum absolute atomic E-state index is 5.40. The highest BCUT2D eigenvalue weighted by Crippen LogP contribution is 2.34. The van der Waals surface area contributed by atoms with Crippen LogP contribution in [0.2, 0.25) is 0 Å². The number of nitrogens with zero attached hydrogens (tertiary/aromatic N) is 4. The molecule has 0 aromatic carbocycles. The molecule has 2 rings (SSSR count). The fraction of sp³-hybridized carbons (Fsp3) is 0.857. The van der Waals surface area contributed by atoms with Gasteiger partial charge in [0.25, 0.3) is 0 Å². The Hall–Kier alpha value is -0.620. The molecular formula is C7H13N5S. The molecule has 1 aliphatic carbocycles. The van der Waals surface area contributed by atoms with Gasteiger partial charge in [-0.2, -0.15) is 11.8 Å². The van der Waals surface area contributed by atoms with Gasteiger partial charge < -0.3 is 5.73 Å². The van der Waals surface area contributed by atoms with Crippen molar-refractivity contribution in [2.45, 2.75) is 24.6 Å². The minimum atomic E-state index is 0.573. The molecule has 6 heteroatoms. The van der Waals surface area contributed by atoms with Gasteiger partial charge in [0.1, 0.15) is 0 Å². The lowest BCUT2D eigenvalue weighted by molar-refractivity contribution is 0.593. The van der Waals surface area contributed by atoms with Crippen LogP contribution in [0.25, 0.3) is 0 Å². The number of aromatic nitrogens is 4. The summed E-state index contributed by atoms with van der Waals surface area (Å²) in [5.41, 5.74) is 5.40. The second-order valence-corrected chi connectivity index (χ2v) is 4.22. The fourth-order valence-corrected chi connectivity index (χ4v) is 1.84. The van der Waals surface area contributed by atoms with Crippen LogP contribution in [0.5, 0.6) is 0 Å². The molecular weight excluding hydrogens is 186 g/mol. The lowest BCUT2D eigenvalue weighted by atomic mass is 10.6. The van der Waals surface area contributed by atoms with Gasteiger partial charge in [0.05, 0.1) is 11.8 Å². The predicted octanol–water partition coefficient (Wildman–Crippen LogP) is 0.200. The Kier molecular flexibility index (Phi) is 2.80. The molecule has 1 aromatic rings. The minimum Gasteiger partial charge on any atom is -0.330 e. The first-order valence-electron chi connectivity index (χ1n) is 4.46. The van der Waals surface area contributed by atoms with Crippen LogP contribution in [-0.4, -0.2) is 32.5 Å². The molecule has 0 radical (unpaired) electrons. The average molecular weight is 199 g/mol. The van der Waals surface area contributed by atoms with E-state index in [1.807, 2.05) is 4.68 Å². The number of hydrogen-bond acceptors (Lipinski definition) is 5. The first kappa shape index (κ1) is 8.96. The molecule has 1 heterocycles. The van der Waals surface area contributed by atoms with Gasteiger partial charge in [-0.3, -0.25) is 0 Å². The zero-order valence-electron chi connectivity index (χ0n) is 7.39. The van der Waals surface area contributed by atoms with Crippen LogP contribution >= 0.6 is 11.8 Å². The Balaban J connectivity index is 1.90. The standard InChI is InChI=1S/C7H13N5S/c8-3-4-13-5-7-9-10-11-12(7)6-1-2-6/h6H,1-5,8H2. The van der Waals surface area contributed by atoms with Crippen LogP contribution in [0.1, 0.15) is 24.7 Å². The Morgan fingerprint density at radius 2 is 2.38 bits per heavy atom. The first-order valence-corrected chi connectivity index (χ1v) is 5.62. The van der Waals surface area contributed by atoms with Crippen molar-refractivity contribution >= 4 is 11.8 Å². The van der Waals surface area contributed by atoms with E-state index in [0.717, 1.165) is 23.9 Å². The summed E-state index contributed by atoms with van der Waals surface area (Å²) in [5.74, 6) is 2.83. The minimum absolute atomic E-state index is 0.573. The van der Waals surface area contributed by atoms with E-state index < -0.39 is 0 Å². The molecule has 72 valence electrons. The van der Waals surface area contributed by atoms with E-state index in [4.69, 9.17) is 5.73 Å². The molecule has 0 aliphatic heterocycles. The summed E-state index contributed by atoms with van der Waals surface area (Å²) in [5, 5.41) is 11.6. The van der Waals surface area contributed by atoms with E-state index in [-0.39, 0.29) is 0 Å². The van der Waals surface area contributed by atoms with Gasteiger partial charge in [0.2, 0.25) is 0 Å². The van der Waals surface area contributed by atoms with Gasteiger partial charge in [0.15, 0.2) is 5.82 Å². The monoisotopic (exact) mass is 199 g/mol. The summed E-state index contributed by atoms with van der Waals surface area (Å²) in [6.07, 6.45) is 2.44. The molecule has 0 unspecified atom stereocenters. The van der Waals surface area contributed by atoms with E-state index in [1.165, 1.54) is 12.8 Å². The van der Waals surface area contributed by atoms with Crippen LogP contribution in [-0.2, 0) is 5.75 Å². The second kappa shape index (κ2) is 4.06. The summed E-state index contributed by atoms with van der Waals surface area (Å²) in [7, 11) is 0. The van der Waals surface area contributed by atoms with Crippen LogP contribution in [0, 0.1) is 0 Å². The van der Waals surface area contributed by atoms with Gasteiger partial charge in [-0.05, 0) is 23.3 Å². The molecule has 1 saturated carbocycles. The van der Waals surface area contributed by atoms with Crippen molar-refractivity contribution in [2.75, 3.05) is 12.3 Å². The van der Waals surface area contributed by atoms with Crippen molar-refractivity contribution in [3.05, 3.63) is 5.82 Å². The Morgan fingerprint density at radius 3 is 3.08 bits per heavy atom. The third-order valence-corrected chi connectivity index (χ3v) is 2.93. The lowest BCUT2D eigenvalue weighted by Gasteiger charge is -2.00. The Morgan fingerprint density at radius 1 is 1.54 bits per heavy atom. The van der Waals surface area contributed by atoms with Crippen LogP contribution in [0.3, 0.4) is 0 Å². The third kappa shape index (κ3) is 2.19. The smallest absolute Gasteiger partial charge is 0.161 e. The highest BCUT2D eigenvalue weighted by molar-refractivity contribution is 7.98. The molecule has 1 fully saturated rings. The zero-order chi connectivity index (χ0) is 9.10. The van der Waals surface area contributed by atoms with E-state index >= 15 is 0 Å². The van der Waals surface area contributed by atoms with E-state index in [2.05, 4.69) is 15.5 Å². The Labute approximate surface area is 81.1 Å². The van der Waals surface area contributed by atoms with Crippen molar-refractivity contribution < 1.29 is 0 Å². The van der Waals surface area contributed by atoms with Crippen molar-refractivity contribution in [1.29, 1.82) is 0 Å². The van der Waals surface area contributed by atoms with E-state index in [1.54, 1.807) is 11.8 Å². The van der Waals surface area contributed by atoms with Crippen LogP contribution < -0.4 is 5.73 Å². The first-order chi connectivity index (χ1) is 6.42. The largest absolute Gasteiger partial charge is 0.330 e. The van der Waals surface area contributed by atoms with Gasteiger partial charge in [-0.15, -0.1) is 5.10 Å². The van der Waals surface area contributed by atoms with E-state index in [0.29, 0.717) is 6.04 Å². The molecule has 5 nitrogen and oxygen atoms in total. The molecule has 0 bridgehead atoms. The highest BCUT2D eigenvalue weighted by atomic mass is 32.2. The molecule has 2 N–H and O–H groups in total. The Bertz CT molecular complexity index is 270. The molecule has 1 aromatic heterocycles. The molecule has 0 amide bonds. The maximum Gasteiger partial charge on any atom is 0.161 e. The number of rotatable bonds is 5. The fourth-order valence-electron chi connectivity index (χ4n) is 1.16. The van der Waals surface area contributed by atoms with Crippen molar-refractivity contribution in [1.82, 2.24) is 20.2 Å².